The van der Waals surface area contributed by atoms with Gasteiger partial charge in [-0.25, -0.2) is 0 Å². The molecule has 0 bridgehead atoms. The van der Waals surface area contributed by atoms with Crippen LogP contribution in [0.15, 0.2) is 17.1 Å². The summed E-state index contributed by atoms with van der Waals surface area (Å²) in [4.78, 5) is 27.5. The van der Waals surface area contributed by atoms with E-state index < -0.39 is 6.10 Å². The van der Waals surface area contributed by atoms with Crippen molar-refractivity contribution in [1.82, 2.24) is 9.88 Å². The number of nitrogens with zero attached hydrogens (tertiary/aromatic N) is 1. The molecule has 80 valence electrons. The molecular weight excluding hydrogens is 196 g/mol. The van der Waals surface area contributed by atoms with E-state index in [1.165, 1.54) is 17.2 Å². The van der Waals surface area contributed by atoms with Gasteiger partial charge in [-0.3, -0.25) is 9.59 Å². The maximum atomic E-state index is 11.7. The number of hydrogen-bond acceptors (Lipinski definition) is 3. The van der Waals surface area contributed by atoms with Crippen LogP contribution in [0.5, 0.6) is 0 Å². The van der Waals surface area contributed by atoms with Crippen molar-refractivity contribution in [3.05, 3.63) is 33.7 Å². The quantitative estimate of drug-likeness (QED) is 0.653. The number of aromatic amines is 1. The average Bonchev–Trinajstić information content (AvgIpc) is 2.12. The normalized spacial score (nSPS) is 16.3. The number of pyridine rings is 1. The molecule has 5 heteroatoms. The topological polar surface area (TPSA) is 73.4 Å². The van der Waals surface area contributed by atoms with Crippen molar-refractivity contribution < 1.29 is 9.90 Å². The summed E-state index contributed by atoms with van der Waals surface area (Å²) >= 11 is 0. The minimum atomic E-state index is -0.446. The minimum absolute atomic E-state index is 0.132. The van der Waals surface area contributed by atoms with Gasteiger partial charge in [0.1, 0.15) is 5.56 Å². The maximum Gasteiger partial charge on any atom is 0.259 e. The summed E-state index contributed by atoms with van der Waals surface area (Å²) in [7, 11) is 0. The predicted octanol–water partition coefficient (Wildman–Crippen LogP) is -0.500. The van der Waals surface area contributed by atoms with Gasteiger partial charge in [-0.2, -0.15) is 0 Å². The van der Waals surface area contributed by atoms with E-state index >= 15 is 0 Å². The first-order chi connectivity index (χ1) is 7.08. The number of β-amino-alcohol motifs (C(OH)–C–C–N with tert-alkyl or cyclic N) is 1. The van der Waals surface area contributed by atoms with Crippen molar-refractivity contribution in [2.45, 2.75) is 13.0 Å². The lowest BCUT2D eigenvalue weighted by Crippen LogP contribution is -2.54. The van der Waals surface area contributed by atoms with Crippen molar-refractivity contribution in [2.75, 3.05) is 13.1 Å². The smallest absolute Gasteiger partial charge is 0.259 e. The molecule has 1 aliphatic heterocycles. The Morgan fingerprint density at radius 1 is 1.60 bits per heavy atom. The van der Waals surface area contributed by atoms with E-state index in [9.17, 15) is 9.59 Å². The predicted molar refractivity (Wildman–Crippen MR) is 53.7 cm³/mol. The highest BCUT2D eigenvalue weighted by Crippen LogP contribution is 2.10. The summed E-state index contributed by atoms with van der Waals surface area (Å²) in [6.45, 7) is 2.38. The molecule has 1 amide bonds. The molecule has 0 atom stereocenters. The standard InChI is InChI=1S/C10H12N2O3/c1-6-2-9(14)8(3-11-6)10(15)12-4-7(13)5-12/h2-3,7,13H,4-5H2,1H3,(H,11,14). The van der Waals surface area contributed by atoms with Crippen LogP contribution in [-0.4, -0.2) is 40.1 Å². The van der Waals surface area contributed by atoms with Gasteiger partial charge in [0, 0.05) is 31.0 Å². The molecule has 0 aromatic carbocycles. The molecular formula is C10H12N2O3. The number of aliphatic hydroxyl groups excluding tert-OH is 1. The molecule has 0 spiro atoms. The second-order valence-electron chi connectivity index (χ2n) is 3.76. The molecule has 1 aliphatic rings. The van der Waals surface area contributed by atoms with Crippen LogP contribution in [0.25, 0.3) is 0 Å². The molecule has 2 N–H and O–H groups in total. The van der Waals surface area contributed by atoms with Gasteiger partial charge in [-0.1, -0.05) is 0 Å². The zero-order chi connectivity index (χ0) is 11.0. The van der Waals surface area contributed by atoms with E-state index in [0.717, 1.165) is 5.69 Å². The number of aromatic nitrogens is 1. The van der Waals surface area contributed by atoms with Crippen molar-refractivity contribution >= 4 is 5.91 Å². The van der Waals surface area contributed by atoms with Gasteiger partial charge in [0.25, 0.3) is 5.91 Å². The number of aryl methyl sites for hydroxylation is 1. The number of carbonyl (C=O) groups is 1. The monoisotopic (exact) mass is 208 g/mol. The molecule has 1 fully saturated rings. The van der Waals surface area contributed by atoms with Gasteiger partial charge >= 0.3 is 0 Å². The Hall–Kier alpha value is -1.62. The van der Waals surface area contributed by atoms with Crippen LogP contribution in [0.4, 0.5) is 0 Å². The summed E-state index contributed by atoms with van der Waals surface area (Å²) in [5.74, 6) is -0.318. The Morgan fingerprint density at radius 3 is 2.80 bits per heavy atom. The van der Waals surface area contributed by atoms with E-state index in [1.54, 1.807) is 6.92 Å². The molecule has 0 saturated carbocycles. The van der Waals surface area contributed by atoms with Crippen molar-refractivity contribution in [2.24, 2.45) is 0 Å². The zero-order valence-corrected chi connectivity index (χ0v) is 8.36. The molecule has 1 saturated heterocycles. The molecule has 0 aliphatic carbocycles. The Labute approximate surface area is 86.3 Å². The summed E-state index contributed by atoms with van der Waals surface area (Å²) in [5, 5.41) is 9.05. The fraction of sp³-hybridized carbons (Fsp3) is 0.400. The fourth-order valence-electron chi connectivity index (χ4n) is 1.53. The second kappa shape index (κ2) is 3.51. The van der Waals surface area contributed by atoms with E-state index in [1.807, 2.05) is 0 Å². The molecule has 1 aromatic rings. The minimum Gasteiger partial charge on any atom is -0.389 e. The zero-order valence-electron chi connectivity index (χ0n) is 8.36. The number of nitrogens with one attached hydrogen (secondary N) is 1. The van der Waals surface area contributed by atoms with E-state index in [2.05, 4.69) is 4.98 Å². The molecule has 15 heavy (non-hydrogen) atoms. The third kappa shape index (κ3) is 1.78. The average molecular weight is 208 g/mol. The summed E-state index contributed by atoms with van der Waals surface area (Å²) in [6, 6.07) is 1.39. The maximum absolute atomic E-state index is 11.7. The van der Waals surface area contributed by atoms with Crippen LogP contribution in [0, 0.1) is 6.92 Å². The SMILES string of the molecule is Cc1cc(=O)c(C(=O)N2CC(O)C2)c[nH]1. The first-order valence-electron chi connectivity index (χ1n) is 4.74. The van der Waals surface area contributed by atoms with Crippen LogP contribution in [0.3, 0.4) is 0 Å². The highest BCUT2D eigenvalue weighted by molar-refractivity contribution is 5.94. The van der Waals surface area contributed by atoms with Crippen LogP contribution in [0.1, 0.15) is 16.1 Å². The van der Waals surface area contributed by atoms with Crippen LogP contribution in [-0.2, 0) is 0 Å². The number of carbonyl (C=O) groups excluding carboxylic acids is 1. The molecule has 0 radical (unpaired) electrons. The Bertz CT molecular complexity index is 446. The Morgan fingerprint density at radius 2 is 2.27 bits per heavy atom. The summed E-state index contributed by atoms with van der Waals surface area (Å²) in [6.07, 6.45) is 0.975. The van der Waals surface area contributed by atoms with Crippen molar-refractivity contribution in [1.29, 1.82) is 0 Å². The molecule has 0 unspecified atom stereocenters. The molecule has 5 nitrogen and oxygen atoms in total. The van der Waals surface area contributed by atoms with Crippen LogP contribution >= 0.6 is 0 Å². The lowest BCUT2D eigenvalue weighted by molar-refractivity contribution is 0.00577. The van der Waals surface area contributed by atoms with Gasteiger partial charge in [-0.15, -0.1) is 0 Å². The van der Waals surface area contributed by atoms with E-state index in [0.29, 0.717) is 13.1 Å². The van der Waals surface area contributed by atoms with Crippen molar-refractivity contribution in [3.63, 3.8) is 0 Å². The highest BCUT2D eigenvalue weighted by Gasteiger charge is 2.30. The Kier molecular flexibility index (Phi) is 2.32. The number of hydrogen-bond donors (Lipinski definition) is 2. The van der Waals surface area contributed by atoms with Crippen molar-refractivity contribution in [3.8, 4) is 0 Å². The van der Waals surface area contributed by atoms with Gasteiger partial charge in [0.2, 0.25) is 0 Å². The molecule has 2 heterocycles. The van der Waals surface area contributed by atoms with Gasteiger partial charge < -0.3 is 15.0 Å². The van der Waals surface area contributed by atoms with Crippen LogP contribution < -0.4 is 5.43 Å². The Balaban J connectivity index is 2.23. The highest BCUT2D eigenvalue weighted by atomic mass is 16.3. The first-order valence-corrected chi connectivity index (χ1v) is 4.74. The van der Waals surface area contributed by atoms with E-state index in [4.69, 9.17) is 5.11 Å². The number of aliphatic hydroxyl groups is 1. The summed E-state index contributed by atoms with van der Waals surface area (Å²) < 4.78 is 0. The number of H-pyrrole nitrogens is 1. The molecule has 1 aromatic heterocycles. The van der Waals surface area contributed by atoms with Gasteiger partial charge in [0.05, 0.1) is 6.10 Å². The lowest BCUT2D eigenvalue weighted by atomic mass is 10.1. The number of amides is 1. The summed E-state index contributed by atoms with van der Waals surface area (Å²) in [5.41, 5.74) is 0.574. The van der Waals surface area contributed by atoms with Gasteiger partial charge in [0.15, 0.2) is 5.43 Å². The first kappa shape index (κ1) is 9.92. The second-order valence-corrected chi connectivity index (χ2v) is 3.76. The largest absolute Gasteiger partial charge is 0.389 e. The van der Waals surface area contributed by atoms with Crippen LogP contribution in [0.2, 0.25) is 0 Å². The number of likely N-dealkylation sites (tertiary alicyclic amines) is 1. The molecule has 2 rings (SSSR count). The number of rotatable bonds is 1. The van der Waals surface area contributed by atoms with E-state index in [-0.39, 0.29) is 16.9 Å². The fourth-order valence-corrected chi connectivity index (χ4v) is 1.53. The lowest BCUT2D eigenvalue weighted by Gasteiger charge is -2.35. The third-order valence-corrected chi connectivity index (χ3v) is 2.44. The van der Waals surface area contributed by atoms with Gasteiger partial charge in [-0.05, 0) is 6.92 Å². The third-order valence-electron chi connectivity index (χ3n) is 2.44.